The summed E-state index contributed by atoms with van der Waals surface area (Å²) in [4.78, 5) is 10.8. The second kappa shape index (κ2) is 5.95. The number of aliphatic carboxylic acids is 1. The molecule has 1 aliphatic rings. The van der Waals surface area contributed by atoms with Gasteiger partial charge in [-0.1, -0.05) is 6.07 Å². The lowest BCUT2D eigenvalue weighted by Crippen LogP contribution is -2.04. The molecule has 0 bridgehead atoms. The van der Waals surface area contributed by atoms with Crippen molar-refractivity contribution in [1.82, 2.24) is 0 Å². The van der Waals surface area contributed by atoms with Crippen molar-refractivity contribution in [3.8, 4) is 11.5 Å². The fourth-order valence-corrected chi connectivity index (χ4v) is 2.95. The Bertz CT molecular complexity index is 455. The van der Waals surface area contributed by atoms with Gasteiger partial charge >= 0.3 is 5.97 Å². The number of hydrogen-bond acceptors (Lipinski definition) is 3. The zero-order chi connectivity index (χ0) is 13.8. The molecule has 104 valence electrons. The van der Waals surface area contributed by atoms with Crippen LogP contribution in [-0.4, -0.2) is 25.3 Å². The van der Waals surface area contributed by atoms with E-state index in [4.69, 9.17) is 14.6 Å². The smallest absolute Gasteiger partial charge is 0.303 e. The van der Waals surface area contributed by atoms with Crippen molar-refractivity contribution >= 4 is 5.97 Å². The molecule has 1 fully saturated rings. The third-order valence-electron chi connectivity index (χ3n) is 3.88. The van der Waals surface area contributed by atoms with Crippen molar-refractivity contribution in [1.29, 1.82) is 0 Å². The van der Waals surface area contributed by atoms with E-state index in [1.54, 1.807) is 14.2 Å². The van der Waals surface area contributed by atoms with E-state index in [2.05, 4.69) is 0 Å². The normalized spacial score (nSPS) is 22.2. The van der Waals surface area contributed by atoms with Gasteiger partial charge in [0.15, 0.2) is 0 Å². The van der Waals surface area contributed by atoms with Gasteiger partial charge in [-0.15, -0.1) is 0 Å². The van der Waals surface area contributed by atoms with Crippen LogP contribution in [0.2, 0.25) is 0 Å². The molecule has 0 aliphatic heterocycles. The first kappa shape index (κ1) is 13.7. The summed E-state index contributed by atoms with van der Waals surface area (Å²) in [7, 11) is 3.29. The Morgan fingerprint density at radius 1 is 1.32 bits per heavy atom. The summed E-state index contributed by atoms with van der Waals surface area (Å²) in [5.74, 6) is 1.59. The molecule has 1 N–H and O–H groups in total. The zero-order valence-corrected chi connectivity index (χ0v) is 11.4. The van der Waals surface area contributed by atoms with Crippen LogP contribution in [0.3, 0.4) is 0 Å². The summed E-state index contributed by atoms with van der Waals surface area (Å²) < 4.78 is 10.6. The number of carboxylic acid groups (broad SMARTS) is 1. The van der Waals surface area contributed by atoms with Crippen molar-refractivity contribution in [3.05, 3.63) is 23.8 Å². The number of methoxy groups -OCH3 is 2. The third kappa shape index (κ3) is 3.19. The fraction of sp³-hybridized carbons (Fsp3) is 0.533. The van der Waals surface area contributed by atoms with Gasteiger partial charge < -0.3 is 14.6 Å². The van der Waals surface area contributed by atoms with E-state index < -0.39 is 5.97 Å². The third-order valence-corrected chi connectivity index (χ3v) is 3.88. The Balaban J connectivity index is 2.12. The van der Waals surface area contributed by atoms with Gasteiger partial charge in [-0.05, 0) is 42.7 Å². The average molecular weight is 264 g/mol. The van der Waals surface area contributed by atoms with Gasteiger partial charge in [0.05, 0.1) is 14.2 Å². The topological polar surface area (TPSA) is 55.8 Å². The maximum absolute atomic E-state index is 10.8. The first-order valence-electron chi connectivity index (χ1n) is 6.57. The van der Waals surface area contributed by atoms with Crippen LogP contribution >= 0.6 is 0 Å². The SMILES string of the molecule is COc1ccc(C2CCC(CC(=O)O)C2)c(OC)c1. The molecule has 0 radical (unpaired) electrons. The van der Waals surface area contributed by atoms with E-state index in [-0.39, 0.29) is 12.3 Å². The highest BCUT2D eigenvalue weighted by molar-refractivity contribution is 5.67. The Kier molecular flexibility index (Phi) is 4.30. The van der Waals surface area contributed by atoms with E-state index in [9.17, 15) is 4.79 Å². The molecule has 4 nitrogen and oxygen atoms in total. The maximum atomic E-state index is 10.8. The molecule has 2 unspecified atom stereocenters. The van der Waals surface area contributed by atoms with E-state index in [1.807, 2.05) is 18.2 Å². The van der Waals surface area contributed by atoms with Crippen molar-refractivity contribution in [2.45, 2.75) is 31.6 Å². The lowest BCUT2D eigenvalue weighted by atomic mass is 9.94. The van der Waals surface area contributed by atoms with E-state index >= 15 is 0 Å². The summed E-state index contributed by atoms with van der Waals surface area (Å²) >= 11 is 0. The first-order chi connectivity index (χ1) is 9.13. The lowest BCUT2D eigenvalue weighted by Gasteiger charge is -2.16. The number of rotatable bonds is 5. The van der Waals surface area contributed by atoms with Gasteiger partial charge in [-0.25, -0.2) is 0 Å². The number of benzene rings is 1. The first-order valence-corrected chi connectivity index (χ1v) is 6.57. The molecule has 0 amide bonds. The Morgan fingerprint density at radius 2 is 2.11 bits per heavy atom. The summed E-state index contributed by atoms with van der Waals surface area (Å²) in [6, 6.07) is 5.85. The Labute approximate surface area is 113 Å². The minimum absolute atomic E-state index is 0.273. The zero-order valence-electron chi connectivity index (χ0n) is 11.4. The molecule has 1 aromatic rings. The molecule has 0 saturated heterocycles. The Morgan fingerprint density at radius 3 is 2.74 bits per heavy atom. The Hall–Kier alpha value is -1.71. The van der Waals surface area contributed by atoms with Crippen LogP contribution < -0.4 is 9.47 Å². The molecule has 19 heavy (non-hydrogen) atoms. The van der Waals surface area contributed by atoms with E-state index in [0.717, 1.165) is 36.3 Å². The van der Waals surface area contributed by atoms with Crippen LogP contribution in [0, 0.1) is 5.92 Å². The van der Waals surface area contributed by atoms with Gasteiger partial charge in [0.2, 0.25) is 0 Å². The van der Waals surface area contributed by atoms with Crippen LogP contribution in [0.15, 0.2) is 18.2 Å². The summed E-state index contributed by atoms with van der Waals surface area (Å²) in [6.45, 7) is 0. The fourth-order valence-electron chi connectivity index (χ4n) is 2.95. The van der Waals surface area contributed by atoms with Crippen molar-refractivity contribution in [2.24, 2.45) is 5.92 Å². The van der Waals surface area contributed by atoms with Crippen LogP contribution in [0.25, 0.3) is 0 Å². The molecule has 2 rings (SSSR count). The van der Waals surface area contributed by atoms with E-state index in [0.29, 0.717) is 5.92 Å². The van der Waals surface area contributed by atoms with E-state index in [1.165, 1.54) is 0 Å². The van der Waals surface area contributed by atoms with Gasteiger partial charge in [0.25, 0.3) is 0 Å². The van der Waals surface area contributed by atoms with Crippen LogP contribution in [0.1, 0.15) is 37.2 Å². The second-order valence-electron chi connectivity index (χ2n) is 5.08. The lowest BCUT2D eigenvalue weighted by molar-refractivity contribution is -0.138. The molecule has 4 heteroatoms. The molecule has 1 aliphatic carbocycles. The highest BCUT2D eigenvalue weighted by Gasteiger charge is 2.29. The van der Waals surface area contributed by atoms with Crippen molar-refractivity contribution < 1.29 is 19.4 Å². The van der Waals surface area contributed by atoms with Gasteiger partial charge in [0, 0.05) is 12.5 Å². The maximum Gasteiger partial charge on any atom is 0.303 e. The number of ether oxygens (including phenoxy) is 2. The minimum Gasteiger partial charge on any atom is -0.497 e. The monoisotopic (exact) mass is 264 g/mol. The highest BCUT2D eigenvalue weighted by Crippen LogP contribution is 2.43. The number of carbonyl (C=O) groups is 1. The van der Waals surface area contributed by atoms with Crippen LogP contribution in [-0.2, 0) is 4.79 Å². The molecule has 0 aromatic heterocycles. The standard InChI is InChI=1S/C15H20O4/c1-18-12-5-6-13(14(9-12)19-2)11-4-3-10(7-11)8-15(16)17/h5-6,9-11H,3-4,7-8H2,1-2H3,(H,16,17). The molecule has 1 saturated carbocycles. The van der Waals surface area contributed by atoms with Crippen LogP contribution in [0.5, 0.6) is 11.5 Å². The number of carboxylic acids is 1. The average Bonchev–Trinajstić information content (AvgIpc) is 2.85. The molecule has 2 atom stereocenters. The molecule has 1 aromatic carbocycles. The number of hydrogen-bond donors (Lipinski definition) is 1. The largest absolute Gasteiger partial charge is 0.497 e. The molecular formula is C15H20O4. The van der Waals surface area contributed by atoms with Gasteiger partial charge in [-0.2, -0.15) is 0 Å². The van der Waals surface area contributed by atoms with Gasteiger partial charge in [-0.3, -0.25) is 4.79 Å². The van der Waals surface area contributed by atoms with Gasteiger partial charge in [0.1, 0.15) is 11.5 Å². The van der Waals surface area contributed by atoms with Crippen molar-refractivity contribution in [2.75, 3.05) is 14.2 Å². The summed E-state index contributed by atoms with van der Waals surface area (Å²) in [5.41, 5.74) is 1.16. The predicted octanol–water partition coefficient (Wildman–Crippen LogP) is 3.06. The molecule has 0 spiro atoms. The van der Waals surface area contributed by atoms with Crippen molar-refractivity contribution in [3.63, 3.8) is 0 Å². The van der Waals surface area contributed by atoms with Crippen LogP contribution in [0.4, 0.5) is 0 Å². The second-order valence-corrected chi connectivity index (χ2v) is 5.08. The summed E-state index contributed by atoms with van der Waals surface area (Å²) in [6.07, 6.45) is 3.21. The minimum atomic E-state index is -0.702. The molecule has 0 heterocycles. The summed E-state index contributed by atoms with van der Waals surface area (Å²) in [5, 5.41) is 8.86. The predicted molar refractivity (Wildman–Crippen MR) is 71.9 cm³/mol. The quantitative estimate of drug-likeness (QED) is 0.888. The molecular weight excluding hydrogens is 244 g/mol. The highest BCUT2D eigenvalue weighted by atomic mass is 16.5.